The summed E-state index contributed by atoms with van der Waals surface area (Å²) in [4.78, 5) is 25.6. The molecule has 1 aromatic heterocycles. The molecule has 1 saturated heterocycles. The summed E-state index contributed by atoms with van der Waals surface area (Å²) in [7, 11) is -1.46. The molecule has 8 heteroatoms. The van der Waals surface area contributed by atoms with E-state index in [2.05, 4.69) is 5.10 Å². The number of aromatic nitrogens is 2. The van der Waals surface area contributed by atoms with Crippen LogP contribution in [0, 0.1) is 0 Å². The number of carbonyl (C=O) groups is 1. The Hall–Kier alpha value is -2.48. The first-order chi connectivity index (χ1) is 11.4. The quantitative estimate of drug-likeness (QED) is 0.786. The largest absolute Gasteiger partial charge is 0.339 e. The predicted octanol–water partition coefficient (Wildman–Crippen LogP) is 0.166. The minimum atomic E-state index is -3.01. The predicted molar refractivity (Wildman–Crippen MR) is 89.1 cm³/mol. The number of amides is 1. The van der Waals surface area contributed by atoms with E-state index < -0.39 is 9.84 Å². The van der Waals surface area contributed by atoms with Crippen LogP contribution in [-0.2, 0) is 21.2 Å². The second-order valence-corrected chi connectivity index (χ2v) is 7.97. The first-order valence-corrected chi connectivity index (χ1v) is 9.27. The SMILES string of the molecule is CN(C(=O)Cn1nc(-c2ccccc2)ccc1=O)C1CS(=O)(=O)C1. The molecular weight excluding hydrogens is 330 g/mol. The van der Waals surface area contributed by atoms with Crippen molar-refractivity contribution in [2.75, 3.05) is 18.6 Å². The fraction of sp³-hybridized carbons (Fsp3) is 0.312. The number of benzene rings is 1. The van der Waals surface area contributed by atoms with Crippen LogP contribution < -0.4 is 5.56 Å². The Morgan fingerprint density at radius 3 is 2.50 bits per heavy atom. The zero-order chi connectivity index (χ0) is 17.3. The molecule has 0 atom stereocenters. The number of carbonyl (C=O) groups excluding carboxylic acids is 1. The van der Waals surface area contributed by atoms with E-state index in [0.29, 0.717) is 5.69 Å². The number of likely N-dealkylation sites (N-methyl/N-ethyl adjacent to an activating group) is 1. The van der Waals surface area contributed by atoms with Crippen molar-refractivity contribution in [2.24, 2.45) is 0 Å². The Morgan fingerprint density at radius 2 is 1.88 bits per heavy atom. The number of hydrogen-bond acceptors (Lipinski definition) is 5. The van der Waals surface area contributed by atoms with Crippen LogP contribution in [0.3, 0.4) is 0 Å². The lowest BCUT2D eigenvalue weighted by atomic mass is 10.1. The first kappa shape index (κ1) is 16.4. The van der Waals surface area contributed by atoms with E-state index in [-0.39, 0.29) is 35.6 Å². The van der Waals surface area contributed by atoms with Gasteiger partial charge in [0.25, 0.3) is 5.56 Å². The zero-order valence-corrected chi connectivity index (χ0v) is 13.9. The van der Waals surface area contributed by atoms with Gasteiger partial charge < -0.3 is 4.90 Å². The molecule has 0 bridgehead atoms. The van der Waals surface area contributed by atoms with Crippen LogP contribution >= 0.6 is 0 Å². The lowest BCUT2D eigenvalue weighted by Crippen LogP contribution is -2.54. The maximum Gasteiger partial charge on any atom is 0.267 e. The molecule has 126 valence electrons. The normalized spacial score (nSPS) is 16.4. The van der Waals surface area contributed by atoms with Crippen molar-refractivity contribution in [3.63, 3.8) is 0 Å². The smallest absolute Gasteiger partial charge is 0.267 e. The van der Waals surface area contributed by atoms with Gasteiger partial charge in [-0.1, -0.05) is 30.3 Å². The van der Waals surface area contributed by atoms with Gasteiger partial charge >= 0.3 is 0 Å². The van der Waals surface area contributed by atoms with Gasteiger partial charge in [0.15, 0.2) is 9.84 Å². The molecule has 1 fully saturated rings. The minimum Gasteiger partial charge on any atom is -0.339 e. The van der Waals surface area contributed by atoms with Crippen molar-refractivity contribution >= 4 is 15.7 Å². The fourth-order valence-electron chi connectivity index (χ4n) is 2.53. The summed E-state index contributed by atoms with van der Waals surface area (Å²) in [5, 5.41) is 4.24. The van der Waals surface area contributed by atoms with Crippen LogP contribution in [0.5, 0.6) is 0 Å². The Kier molecular flexibility index (Phi) is 4.23. The third-order valence-corrected chi connectivity index (χ3v) is 5.84. The van der Waals surface area contributed by atoms with Gasteiger partial charge in [0.1, 0.15) is 6.54 Å². The lowest BCUT2D eigenvalue weighted by molar-refractivity contribution is -0.132. The lowest BCUT2D eigenvalue weighted by Gasteiger charge is -2.34. The molecule has 1 amide bonds. The zero-order valence-electron chi connectivity index (χ0n) is 13.1. The molecule has 2 aromatic rings. The summed E-state index contributed by atoms with van der Waals surface area (Å²) >= 11 is 0. The molecule has 0 saturated carbocycles. The maximum absolute atomic E-state index is 12.3. The molecule has 24 heavy (non-hydrogen) atoms. The highest BCUT2D eigenvalue weighted by Crippen LogP contribution is 2.17. The average Bonchev–Trinajstić information content (AvgIpc) is 2.54. The van der Waals surface area contributed by atoms with Crippen LogP contribution in [0.15, 0.2) is 47.3 Å². The molecule has 0 radical (unpaired) electrons. The number of nitrogens with zero attached hydrogens (tertiary/aromatic N) is 3. The van der Waals surface area contributed by atoms with E-state index in [0.717, 1.165) is 10.2 Å². The van der Waals surface area contributed by atoms with E-state index in [1.54, 1.807) is 13.1 Å². The summed E-state index contributed by atoms with van der Waals surface area (Å²) in [5.74, 6) is -0.391. The van der Waals surface area contributed by atoms with Crippen LogP contribution in [0.2, 0.25) is 0 Å². The summed E-state index contributed by atoms with van der Waals surface area (Å²) in [6, 6.07) is 12.0. The van der Waals surface area contributed by atoms with E-state index in [9.17, 15) is 18.0 Å². The van der Waals surface area contributed by atoms with Gasteiger partial charge in [0.05, 0.1) is 23.2 Å². The highest BCUT2D eigenvalue weighted by molar-refractivity contribution is 7.92. The molecule has 1 aliphatic heterocycles. The molecule has 3 rings (SSSR count). The van der Waals surface area contributed by atoms with Crippen LogP contribution in [-0.4, -0.2) is 53.6 Å². The molecule has 0 spiro atoms. The Morgan fingerprint density at radius 1 is 1.21 bits per heavy atom. The van der Waals surface area contributed by atoms with E-state index in [1.807, 2.05) is 30.3 Å². The van der Waals surface area contributed by atoms with Crippen molar-refractivity contribution in [1.29, 1.82) is 0 Å². The van der Waals surface area contributed by atoms with Crippen molar-refractivity contribution in [3.8, 4) is 11.3 Å². The number of rotatable bonds is 4. The highest BCUT2D eigenvalue weighted by Gasteiger charge is 2.38. The van der Waals surface area contributed by atoms with Gasteiger partial charge in [-0.05, 0) is 6.07 Å². The van der Waals surface area contributed by atoms with Crippen LogP contribution in [0.4, 0.5) is 0 Å². The third-order valence-electron chi connectivity index (χ3n) is 4.05. The second kappa shape index (κ2) is 6.20. The molecule has 2 heterocycles. The standard InChI is InChI=1S/C16H17N3O4S/c1-18(13-10-24(22,23)11-13)16(21)9-19-15(20)8-7-14(17-19)12-5-3-2-4-6-12/h2-8,13H,9-11H2,1H3. The summed E-state index contributed by atoms with van der Waals surface area (Å²) in [6.45, 7) is -0.216. The fourth-order valence-corrected chi connectivity index (χ4v) is 4.05. The van der Waals surface area contributed by atoms with E-state index in [1.165, 1.54) is 11.0 Å². The average molecular weight is 347 g/mol. The number of sulfone groups is 1. The van der Waals surface area contributed by atoms with Gasteiger partial charge in [0, 0.05) is 18.7 Å². The number of hydrogen-bond donors (Lipinski definition) is 0. The molecule has 0 N–H and O–H groups in total. The summed E-state index contributed by atoms with van der Waals surface area (Å²) in [5.41, 5.74) is 1.06. The molecule has 1 aliphatic rings. The highest BCUT2D eigenvalue weighted by atomic mass is 32.2. The van der Waals surface area contributed by atoms with E-state index in [4.69, 9.17) is 0 Å². The Balaban J connectivity index is 1.77. The topological polar surface area (TPSA) is 89.3 Å². The van der Waals surface area contributed by atoms with Gasteiger partial charge in [0.2, 0.25) is 5.91 Å². The Labute approximate surface area is 139 Å². The molecule has 0 unspecified atom stereocenters. The van der Waals surface area contributed by atoms with Crippen LogP contribution in [0.1, 0.15) is 0 Å². The van der Waals surface area contributed by atoms with Gasteiger partial charge in [-0.15, -0.1) is 0 Å². The second-order valence-electron chi connectivity index (χ2n) is 5.82. The summed E-state index contributed by atoms with van der Waals surface area (Å²) < 4.78 is 23.6. The van der Waals surface area contributed by atoms with Crippen molar-refractivity contribution < 1.29 is 13.2 Å². The minimum absolute atomic E-state index is 0.0262. The third kappa shape index (κ3) is 3.38. The molecule has 1 aromatic carbocycles. The first-order valence-electron chi connectivity index (χ1n) is 7.45. The van der Waals surface area contributed by atoms with Crippen molar-refractivity contribution in [3.05, 3.63) is 52.8 Å². The van der Waals surface area contributed by atoms with Gasteiger partial charge in [-0.3, -0.25) is 9.59 Å². The van der Waals surface area contributed by atoms with E-state index >= 15 is 0 Å². The monoisotopic (exact) mass is 347 g/mol. The molecule has 0 aliphatic carbocycles. The maximum atomic E-state index is 12.3. The molecule has 7 nitrogen and oxygen atoms in total. The van der Waals surface area contributed by atoms with Crippen molar-refractivity contribution in [2.45, 2.75) is 12.6 Å². The molecular formula is C16H17N3O4S. The van der Waals surface area contributed by atoms with Gasteiger partial charge in [-0.2, -0.15) is 5.10 Å². The van der Waals surface area contributed by atoms with Crippen LogP contribution in [0.25, 0.3) is 11.3 Å². The van der Waals surface area contributed by atoms with Crippen molar-refractivity contribution in [1.82, 2.24) is 14.7 Å². The summed E-state index contributed by atoms with van der Waals surface area (Å²) in [6.07, 6.45) is 0. The van der Waals surface area contributed by atoms with Gasteiger partial charge in [-0.25, -0.2) is 13.1 Å². The Bertz CT molecular complexity index is 910.